The van der Waals surface area contributed by atoms with Gasteiger partial charge in [-0.3, -0.25) is 14.5 Å². The lowest BCUT2D eigenvalue weighted by molar-refractivity contribution is -0.115. The minimum atomic E-state index is -0.244. The molecule has 0 unspecified atom stereocenters. The zero-order chi connectivity index (χ0) is 22.4. The molecule has 0 N–H and O–H groups in total. The number of anilines is 2. The maximum Gasteiger partial charge on any atom is 0.271 e. The Morgan fingerprint density at radius 3 is 2.31 bits per heavy atom. The number of benzene rings is 3. The normalized spacial score (nSPS) is 18.0. The SMILES string of the molecule is Cc1ccc(N2C(=O)C(=C3C(=O)N(Cc4ccccc4)c4ccccc43)SC2=S)c(C)c1. The van der Waals surface area contributed by atoms with Gasteiger partial charge in [0.15, 0.2) is 4.32 Å². The van der Waals surface area contributed by atoms with Crippen LogP contribution in [0.25, 0.3) is 5.57 Å². The van der Waals surface area contributed by atoms with Gasteiger partial charge in [-0.1, -0.05) is 90.2 Å². The summed E-state index contributed by atoms with van der Waals surface area (Å²) in [5, 5.41) is 0. The molecule has 158 valence electrons. The molecule has 0 spiro atoms. The van der Waals surface area contributed by atoms with Gasteiger partial charge >= 0.3 is 0 Å². The second-order valence-corrected chi connectivity index (χ2v) is 9.54. The van der Waals surface area contributed by atoms with Crippen molar-refractivity contribution in [2.75, 3.05) is 9.80 Å². The highest BCUT2D eigenvalue weighted by Gasteiger charge is 2.42. The van der Waals surface area contributed by atoms with Crippen LogP contribution in [0.1, 0.15) is 22.3 Å². The number of nitrogens with zero attached hydrogens (tertiary/aromatic N) is 2. The Kier molecular flexibility index (Phi) is 5.19. The van der Waals surface area contributed by atoms with Crippen LogP contribution in [0.5, 0.6) is 0 Å². The average Bonchev–Trinajstić information content (AvgIpc) is 3.22. The van der Waals surface area contributed by atoms with Crippen molar-refractivity contribution in [3.8, 4) is 0 Å². The second-order valence-electron chi connectivity index (χ2n) is 7.90. The largest absolute Gasteiger partial charge is 0.303 e. The molecule has 2 amide bonds. The van der Waals surface area contributed by atoms with Crippen molar-refractivity contribution in [2.24, 2.45) is 0 Å². The molecule has 2 aliphatic rings. The molecule has 0 atom stereocenters. The molecule has 0 aliphatic carbocycles. The van der Waals surface area contributed by atoms with Gasteiger partial charge < -0.3 is 4.90 Å². The second kappa shape index (κ2) is 8.04. The van der Waals surface area contributed by atoms with E-state index in [-0.39, 0.29) is 11.8 Å². The third kappa shape index (κ3) is 3.36. The van der Waals surface area contributed by atoms with Crippen molar-refractivity contribution in [2.45, 2.75) is 20.4 Å². The zero-order valence-corrected chi connectivity index (χ0v) is 19.3. The maximum absolute atomic E-state index is 13.6. The van der Waals surface area contributed by atoms with Crippen molar-refractivity contribution >= 4 is 57.1 Å². The van der Waals surface area contributed by atoms with Crippen LogP contribution in [0.3, 0.4) is 0 Å². The van der Waals surface area contributed by atoms with Gasteiger partial charge in [-0.2, -0.15) is 0 Å². The fourth-order valence-corrected chi connectivity index (χ4v) is 5.56. The molecule has 4 nitrogen and oxygen atoms in total. The Balaban J connectivity index is 1.59. The van der Waals surface area contributed by atoms with Gasteiger partial charge in [-0.05, 0) is 37.1 Å². The molecule has 32 heavy (non-hydrogen) atoms. The van der Waals surface area contributed by atoms with Crippen LogP contribution in [-0.2, 0) is 16.1 Å². The van der Waals surface area contributed by atoms with Crippen LogP contribution in [-0.4, -0.2) is 16.1 Å². The lowest BCUT2D eigenvalue weighted by atomic mass is 10.1. The standard InChI is InChI=1S/C26H20N2O2S2/c1-16-12-13-20(17(2)14-16)28-25(30)23(32-26(28)31)22-19-10-6-7-11-21(19)27(24(22)29)15-18-8-4-3-5-9-18/h3-14H,15H2,1-2H3. The first-order valence-electron chi connectivity index (χ1n) is 10.3. The van der Waals surface area contributed by atoms with E-state index in [2.05, 4.69) is 0 Å². The van der Waals surface area contributed by atoms with Gasteiger partial charge in [-0.15, -0.1) is 0 Å². The van der Waals surface area contributed by atoms with Gasteiger partial charge in [0, 0.05) is 5.56 Å². The smallest absolute Gasteiger partial charge is 0.271 e. The summed E-state index contributed by atoms with van der Waals surface area (Å²) in [5.74, 6) is -0.414. The summed E-state index contributed by atoms with van der Waals surface area (Å²) >= 11 is 6.79. The highest BCUT2D eigenvalue weighted by atomic mass is 32.2. The van der Waals surface area contributed by atoms with Gasteiger partial charge in [0.05, 0.1) is 28.4 Å². The van der Waals surface area contributed by atoms with Crippen LogP contribution in [0, 0.1) is 13.8 Å². The van der Waals surface area contributed by atoms with Crippen molar-refractivity contribution in [1.29, 1.82) is 0 Å². The Morgan fingerprint density at radius 1 is 0.844 bits per heavy atom. The number of amides is 2. The van der Waals surface area contributed by atoms with E-state index in [1.807, 2.05) is 86.6 Å². The fourth-order valence-electron chi connectivity index (χ4n) is 4.21. The van der Waals surface area contributed by atoms with Crippen LogP contribution in [0.15, 0.2) is 77.7 Å². The van der Waals surface area contributed by atoms with Crippen molar-refractivity contribution in [3.05, 3.63) is 100.0 Å². The first-order chi connectivity index (χ1) is 15.5. The van der Waals surface area contributed by atoms with E-state index >= 15 is 0 Å². The van der Waals surface area contributed by atoms with E-state index in [1.54, 1.807) is 9.80 Å². The fraction of sp³-hybridized carbons (Fsp3) is 0.115. The lowest BCUT2D eigenvalue weighted by Gasteiger charge is -2.18. The molecule has 3 aromatic carbocycles. The average molecular weight is 457 g/mol. The first kappa shape index (κ1) is 20.7. The van der Waals surface area contributed by atoms with E-state index in [1.165, 1.54) is 11.8 Å². The molecule has 0 saturated carbocycles. The molecule has 0 radical (unpaired) electrons. The number of carbonyl (C=O) groups excluding carboxylic acids is 2. The molecule has 0 aromatic heterocycles. The lowest BCUT2D eigenvalue weighted by Crippen LogP contribution is -2.29. The number of thioether (sulfide) groups is 1. The molecule has 6 heteroatoms. The van der Waals surface area contributed by atoms with Gasteiger partial charge in [0.25, 0.3) is 11.8 Å². The Bertz CT molecular complexity index is 1310. The monoisotopic (exact) mass is 456 g/mol. The highest BCUT2D eigenvalue weighted by molar-refractivity contribution is 8.27. The third-order valence-electron chi connectivity index (χ3n) is 5.70. The topological polar surface area (TPSA) is 40.6 Å². The molecule has 2 aliphatic heterocycles. The van der Waals surface area contributed by atoms with E-state index < -0.39 is 0 Å². The van der Waals surface area contributed by atoms with Gasteiger partial charge in [0.2, 0.25) is 0 Å². The highest BCUT2D eigenvalue weighted by Crippen LogP contribution is 2.46. The summed E-state index contributed by atoms with van der Waals surface area (Å²) in [6, 6.07) is 23.4. The summed E-state index contributed by atoms with van der Waals surface area (Å²) in [7, 11) is 0. The van der Waals surface area contributed by atoms with Crippen molar-refractivity contribution in [3.63, 3.8) is 0 Å². The third-order valence-corrected chi connectivity index (χ3v) is 7.07. The quantitative estimate of drug-likeness (QED) is 0.379. The number of para-hydroxylation sites is 1. The minimum Gasteiger partial charge on any atom is -0.303 e. The Morgan fingerprint density at radius 2 is 1.56 bits per heavy atom. The van der Waals surface area contributed by atoms with Gasteiger partial charge in [0.1, 0.15) is 0 Å². The van der Waals surface area contributed by atoms with Crippen LogP contribution in [0.2, 0.25) is 0 Å². The summed E-state index contributed by atoms with van der Waals surface area (Å²) in [6.07, 6.45) is 0. The molecule has 1 fully saturated rings. The van der Waals surface area contributed by atoms with Crippen molar-refractivity contribution in [1.82, 2.24) is 0 Å². The van der Waals surface area contributed by atoms with Crippen LogP contribution < -0.4 is 9.80 Å². The van der Waals surface area contributed by atoms with Crippen LogP contribution >= 0.6 is 24.0 Å². The van der Waals surface area contributed by atoms with Gasteiger partial charge in [-0.25, -0.2) is 0 Å². The minimum absolute atomic E-state index is 0.170. The predicted octanol–water partition coefficient (Wildman–Crippen LogP) is 5.63. The van der Waals surface area contributed by atoms with Crippen LogP contribution in [0.4, 0.5) is 11.4 Å². The summed E-state index contributed by atoms with van der Waals surface area (Å²) in [4.78, 5) is 30.8. The van der Waals surface area contributed by atoms with Crippen molar-refractivity contribution < 1.29 is 9.59 Å². The molecular formula is C26H20N2O2S2. The first-order valence-corrected chi connectivity index (χ1v) is 11.5. The Hall–Kier alpha value is -3.22. The number of hydrogen-bond donors (Lipinski definition) is 0. The number of fused-ring (bicyclic) bond motifs is 1. The summed E-state index contributed by atoms with van der Waals surface area (Å²) < 4.78 is 0.441. The summed E-state index contributed by atoms with van der Waals surface area (Å²) in [6.45, 7) is 4.42. The zero-order valence-electron chi connectivity index (χ0n) is 17.7. The molecule has 2 heterocycles. The van der Waals surface area contributed by atoms with E-state index in [4.69, 9.17) is 12.2 Å². The number of aryl methyl sites for hydroxylation is 2. The molecule has 5 rings (SSSR count). The summed E-state index contributed by atoms with van der Waals surface area (Å²) in [5.41, 5.74) is 5.89. The maximum atomic E-state index is 13.6. The van der Waals surface area contributed by atoms with E-state index in [0.29, 0.717) is 21.3 Å². The Labute approximate surface area is 196 Å². The number of carbonyl (C=O) groups is 2. The molecule has 3 aromatic rings. The predicted molar refractivity (Wildman–Crippen MR) is 135 cm³/mol. The van der Waals surface area contributed by atoms with E-state index in [0.717, 1.165) is 33.6 Å². The van der Waals surface area contributed by atoms with E-state index in [9.17, 15) is 9.59 Å². The number of thiocarbonyl (C=S) groups is 1. The molecular weight excluding hydrogens is 436 g/mol. The number of rotatable bonds is 3. The molecule has 1 saturated heterocycles. The number of hydrogen-bond acceptors (Lipinski definition) is 4. The molecule has 0 bridgehead atoms.